The fourth-order valence-corrected chi connectivity index (χ4v) is 16.9. The Balaban J connectivity index is 0.000000165. The number of nitrogens with zero attached hydrogens (tertiary/aromatic N) is 14. The number of aryl methyl sites for hydroxylation is 4. The van der Waals surface area contributed by atoms with Crippen molar-refractivity contribution in [2.45, 2.75) is 300 Å². The van der Waals surface area contributed by atoms with Crippen LogP contribution in [-0.4, -0.2) is 191 Å². The zero-order valence-corrected chi connectivity index (χ0v) is 71.2. The van der Waals surface area contributed by atoms with Gasteiger partial charge in [0.25, 0.3) is 0 Å². The highest BCUT2D eigenvalue weighted by Crippen LogP contribution is 2.34. The van der Waals surface area contributed by atoms with Gasteiger partial charge in [-0.1, -0.05) is 82.1 Å². The lowest BCUT2D eigenvalue weighted by molar-refractivity contribution is -0.117. The molecule has 8 aromatic heterocycles. The van der Waals surface area contributed by atoms with Crippen LogP contribution in [0.2, 0.25) is 15.5 Å². The van der Waals surface area contributed by atoms with Gasteiger partial charge in [-0.25, -0.2) is 24.5 Å². The Bertz CT molecular complexity index is 4250. The Hall–Kier alpha value is -7.06. The van der Waals surface area contributed by atoms with Gasteiger partial charge in [-0.05, 0) is 229 Å². The van der Waals surface area contributed by atoms with Crippen molar-refractivity contribution < 1.29 is 24.9 Å². The maximum Gasteiger partial charge on any atom is 0.244 e. The highest BCUT2D eigenvalue weighted by atomic mass is 35.5. The van der Waals surface area contributed by atoms with E-state index in [4.69, 9.17) is 84.4 Å². The van der Waals surface area contributed by atoms with Gasteiger partial charge in [0.2, 0.25) is 11.1 Å². The van der Waals surface area contributed by atoms with Crippen molar-refractivity contribution in [2.24, 2.45) is 22.9 Å². The van der Waals surface area contributed by atoms with E-state index in [2.05, 4.69) is 113 Å². The molecule has 3 aliphatic heterocycles. The molecule has 8 aromatic rings. The average molecular weight is 1670 g/mol. The molecule has 4 aliphatic carbocycles. The quantitative estimate of drug-likeness (QED) is 0.0181. The standard InChI is InChI=1S/C24H36N6O2.C21H34N6O.C14H20ClN5.C8H7Cl2N3.C7H15NO.C6H14N2.C3H3ClO/c1-3-17-16-25-30-22(26-18-8-10-19(11-9-18)27-23(32)4-2)15-21(28-24(17)30)29-13-6-5-7-20(29)12-14-31;1-2-15-14-23-27-20(24-17-8-6-16(22)7-9-17)13-19(25-21(15)27)26-11-4-3-5-18(26)10-12-28;1-2-9-8-17-20-13(7-12(15)19-14(9)20)18-11-5-3-10(16)4-6-11;1-2-5-4-11-13-7(10)3-6(9)12-8(5)13;9-6-4-7-3-1-2-5-8-7;7-5-1-2-6(8)4-3-5;1-2-3(4)5/h4,15-16,18-20,26,31H,2-3,5-14H2,1H3,(H,27,32);13-14,16-18,24,28H,2-12,22H2,1H3;7-8,10-11,18H,2-6,16H2,1H3;3-4H,2H2,1H3;7-9H,1-6H2;5-6H,1-4,7-8H2;2H,1H2/t18?,19?,20-;16?,17?,18-;;;7-;;/m00..0../s1. The Morgan fingerprint density at radius 1 is 0.461 bits per heavy atom. The van der Waals surface area contributed by atoms with Crippen molar-refractivity contribution in [3.63, 3.8) is 0 Å². The number of carbonyl (C=O) groups is 2. The van der Waals surface area contributed by atoms with E-state index in [9.17, 15) is 19.8 Å². The number of hydrogen-bond donors (Lipinski definition) is 12. The first-order chi connectivity index (χ1) is 55.7. The smallest absolute Gasteiger partial charge is 0.244 e. The SMILES string of the molecule is C=CC(=O)Cl.C=CC(=O)NC1CCC(Nc2cc(N3CCCC[C@H]3CCO)nc3c(CC)cnn23)CC1.CCc1cnn2c(Cl)cc(Cl)nc12.CCc1cnn2c(NC3CCC(N)CC3)cc(Cl)nc12.CCc1cnn2c(NC3CCC(N)CC3)cc(N3CCCC[C@H]3CCO)nc12.NC1CCC(N)CC1.OCC[C@@H]1CCCCN1. The molecule has 3 saturated heterocycles. The normalized spacial score (nSPS) is 23.5. The summed E-state index contributed by atoms with van der Waals surface area (Å²) in [5.41, 5.74) is 31.2. The highest BCUT2D eigenvalue weighted by molar-refractivity contribution is 6.66. The predicted octanol–water partition coefficient (Wildman–Crippen LogP) is 12.7. The number of aliphatic hydroxyl groups excluding tert-OH is 3. The molecule has 4 saturated carbocycles. The Morgan fingerprint density at radius 2 is 0.809 bits per heavy atom. The molecule has 7 aliphatic rings. The van der Waals surface area contributed by atoms with E-state index in [1.165, 1.54) is 50.2 Å². The van der Waals surface area contributed by atoms with Gasteiger partial charge in [0.1, 0.15) is 44.5 Å². The molecule has 28 nitrogen and oxygen atoms in total. The summed E-state index contributed by atoms with van der Waals surface area (Å²) in [5.74, 6) is 4.80. The van der Waals surface area contributed by atoms with Crippen LogP contribution in [0.25, 0.3) is 22.6 Å². The van der Waals surface area contributed by atoms with E-state index < -0.39 is 5.24 Å². The maximum absolute atomic E-state index is 11.6. The van der Waals surface area contributed by atoms with Crippen LogP contribution >= 0.6 is 46.4 Å². The predicted molar refractivity (Wildman–Crippen MR) is 466 cm³/mol. The lowest BCUT2D eigenvalue weighted by Crippen LogP contribution is -2.41. The Morgan fingerprint density at radius 3 is 1.18 bits per heavy atom. The number of piperidine rings is 3. The van der Waals surface area contributed by atoms with Gasteiger partial charge in [0.05, 0.1) is 24.8 Å². The van der Waals surface area contributed by atoms with Crippen molar-refractivity contribution in [2.75, 3.05) is 65.2 Å². The van der Waals surface area contributed by atoms with Gasteiger partial charge in [-0.2, -0.15) is 33.9 Å². The molecule has 0 radical (unpaired) electrons. The molecule has 0 aromatic carbocycles. The lowest BCUT2D eigenvalue weighted by atomic mass is 9.91. The summed E-state index contributed by atoms with van der Waals surface area (Å²) in [6.07, 6.45) is 43.8. The number of carbonyl (C=O) groups excluding carboxylic acids is 2. The summed E-state index contributed by atoms with van der Waals surface area (Å²) in [6.45, 7) is 18.9. The summed E-state index contributed by atoms with van der Waals surface area (Å²) in [5, 5.41) is 63.7. The van der Waals surface area contributed by atoms with E-state index in [1.54, 1.807) is 16.8 Å². The van der Waals surface area contributed by atoms with E-state index in [0.717, 1.165) is 261 Å². The molecular formula is C83H129Cl4N23O5. The van der Waals surface area contributed by atoms with Gasteiger partial charge in [0, 0.05) is 146 Å². The maximum atomic E-state index is 11.6. The van der Waals surface area contributed by atoms with Crippen molar-refractivity contribution in [3.8, 4) is 0 Å². The minimum atomic E-state index is -0.509. The molecule has 16 N–H and O–H groups in total. The van der Waals surface area contributed by atoms with Crippen LogP contribution in [0.3, 0.4) is 0 Å². The van der Waals surface area contributed by atoms with Gasteiger partial charge < -0.3 is 74.6 Å². The minimum Gasteiger partial charge on any atom is -0.396 e. The molecule has 0 unspecified atom stereocenters. The molecule has 32 heteroatoms. The molecule has 0 spiro atoms. The highest BCUT2D eigenvalue weighted by Gasteiger charge is 2.30. The Kier molecular flexibility index (Phi) is 37.9. The molecule has 3 atom stereocenters. The van der Waals surface area contributed by atoms with E-state index in [0.29, 0.717) is 82.5 Å². The van der Waals surface area contributed by atoms with Crippen LogP contribution in [0.4, 0.5) is 29.1 Å². The molecule has 7 fully saturated rings. The number of fused-ring (bicyclic) bond motifs is 4. The van der Waals surface area contributed by atoms with Gasteiger partial charge in [-0.3, -0.25) is 9.59 Å². The van der Waals surface area contributed by atoms with Crippen molar-refractivity contribution in [3.05, 3.63) is 112 Å². The zero-order chi connectivity index (χ0) is 82.3. The van der Waals surface area contributed by atoms with Crippen molar-refractivity contribution in [1.29, 1.82) is 0 Å². The molecule has 15 rings (SSSR count). The van der Waals surface area contributed by atoms with Crippen LogP contribution in [-0.2, 0) is 35.3 Å². The molecular weight excluding hydrogens is 1540 g/mol. The monoisotopic (exact) mass is 1670 g/mol. The fraction of sp³-hybridized carbons (Fsp3) is 0.639. The first kappa shape index (κ1) is 91.8. The minimum absolute atomic E-state index is 0.0931. The number of nitrogens with two attached hydrogens (primary N) is 4. The molecule has 11 heterocycles. The molecule has 634 valence electrons. The second kappa shape index (κ2) is 47.5. The molecule has 1 amide bonds. The third-order valence-electron chi connectivity index (χ3n) is 23.1. The number of amides is 1. The fourth-order valence-electron chi connectivity index (χ4n) is 16.3. The Labute approximate surface area is 698 Å². The van der Waals surface area contributed by atoms with Crippen LogP contribution in [0, 0.1) is 0 Å². The van der Waals surface area contributed by atoms with Crippen LogP contribution < -0.4 is 59.3 Å². The van der Waals surface area contributed by atoms with Gasteiger partial charge in [0.15, 0.2) is 22.6 Å². The van der Waals surface area contributed by atoms with Crippen molar-refractivity contribution in [1.82, 2.24) is 69.0 Å². The second-order valence-electron chi connectivity index (χ2n) is 31.4. The largest absolute Gasteiger partial charge is 0.396 e. The van der Waals surface area contributed by atoms with E-state index in [-0.39, 0.29) is 25.2 Å². The summed E-state index contributed by atoms with van der Waals surface area (Å²) < 4.78 is 7.31. The third-order valence-corrected chi connectivity index (χ3v) is 23.9. The summed E-state index contributed by atoms with van der Waals surface area (Å²) >= 11 is 22.5. The number of allylic oxidation sites excluding steroid dienone is 1. The summed E-state index contributed by atoms with van der Waals surface area (Å²) in [7, 11) is 0. The zero-order valence-electron chi connectivity index (χ0n) is 68.1. The van der Waals surface area contributed by atoms with Crippen molar-refractivity contribution >= 4 is 109 Å². The first-order valence-electron chi connectivity index (χ1n) is 42.3. The number of aromatic nitrogens is 12. The molecule has 0 bridgehead atoms. The average Bonchev–Trinajstić information content (AvgIpc) is 1.70. The second-order valence-corrected chi connectivity index (χ2v) is 32.9. The van der Waals surface area contributed by atoms with Crippen LogP contribution in [0.1, 0.15) is 230 Å². The number of aliphatic hydroxyl groups is 3. The van der Waals surface area contributed by atoms with E-state index in [1.807, 2.05) is 45.1 Å². The van der Waals surface area contributed by atoms with Crippen LogP contribution in [0.5, 0.6) is 0 Å². The summed E-state index contributed by atoms with van der Waals surface area (Å²) in [6, 6.07) is 12.0. The molecule has 115 heavy (non-hydrogen) atoms. The van der Waals surface area contributed by atoms with Gasteiger partial charge in [-0.15, -0.1) is 0 Å². The number of halogens is 4. The number of nitrogens with one attached hydrogen (secondary N) is 5. The number of rotatable bonds is 21. The number of hydrogen-bond acceptors (Lipinski definition) is 23. The third kappa shape index (κ3) is 27.2. The topological polar surface area (TPSA) is 386 Å². The first-order valence-corrected chi connectivity index (χ1v) is 43.8. The number of anilines is 5. The summed E-state index contributed by atoms with van der Waals surface area (Å²) in [4.78, 5) is 44.4. The lowest BCUT2D eigenvalue weighted by Gasteiger charge is -2.37. The van der Waals surface area contributed by atoms with Crippen LogP contribution in [0.15, 0.2) is 74.4 Å². The van der Waals surface area contributed by atoms with Gasteiger partial charge >= 0.3 is 0 Å². The van der Waals surface area contributed by atoms with E-state index >= 15 is 0 Å².